The van der Waals surface area contributed by atoms with E-state index < -0.39 is 0 Å². The van der Waals surface area contributed by atoms with Gasteiger partial charge in [-0.15, -0.1) is 0 Å². The van der Waals surface area contributed by atoms with Crippen LogP contribution < -0.4 is 14.4 Å². The molecule has 25 heavy (non-hydrogen) atoms. The number of anilines is 1. The van der Waals surface area contributed by atoms with Gasteiger partial charge in [-0.2, -0.15) is 0 Å². The molecular weight excluding hydrogens is 320 g/mol. The fourth-order valence-electron chi connectivity index (χ4n) is 3.40. The number of carbonyl (C=O) groups excluding carboxylic acids is 1. The molecule has 0 bridgehead atoms. The van der Waals surface area contributed by atoms with E-state index in [-0.39, 0.29) is 18.8 Å². The van der Waals surface area contributed by atoms with Crippen molar-refractivity contribution in [3.63, 3.8) is 0 Å². The third-order valence-electron chi connectivity index (χ3n) is 4.59. The van der Waals surface area contributed by atoms with Crippen LogP contribution in [0.2, 0.25) is 0 Å². The standard InChI is InChI=1S/C19H20N2O4/c1-2-23-19(22)14-6-8-18(20-11-14)21-9-3-4-15(21)13-5-7-16-17(10-13)25-12-24-16/h5-8,10-11,15H,2-4,9,12H2,1H3/t15-/m1/s1. The molecule has 130 valence electrons. The molecule has 0 amide bonds. The van der Waals surface area contributed by atoms with Crippen LogP contribution in [0.3, 0.4) is 0 Å². The summed E-state index contributed by atoms with van der Waals surface area (Å²) in [6.45, 7) is 3.37. The Bertz CT molecular complexity index is 775. The SMILES string of the molecule is CCOC(=O)c1ccc(N2CCC[C@@H]2c2ccc3c(c2)OCO3)nc1. The molecule has 1 aromatic carbocycles. The number of aromatic nitrogens is 1. The lowest BCUT2D eigenvalue weighted by atomic mass is 10.0. The second-order valence-corrected chi connectivity index (χ2v) is 6.09. The summed E-state index contributed by atoms with van der Waals surface area (Å²) in [6.07, 6.45) is 3.74. The molecule has 1 saturated heterocycles. The van der Waals surface area contributed by atoms with Crippen LogP contribution in [0.1, 0.15) is 41.7 Å². The normalized spacial score (nSPS) is 18.4. The molecule has 1 aromatic heterocycles. The van der Waals surface area contributed by atoms with Gasteiger partial charge in [-0.1, -0.05) is 6.07 Å². The maximum absolute atomic E-state index is 11.8. The van der Waals surface area contributed by atoms with Crippen LogP contribution in [0, 0.1) is 0 Å². The van der Waals surface area contributed by atoms with E-state index in [1.807, 2.05) is 12.1 Å². The zero-order chi connectivity index (χ0) is 17.2. The molecule has 2 aliphatic heterocycles. The number of nitrogens with zero attached hydrogens (tertiary/aromatic N) is 2. The van der Waals surface area contributed by atoms with Crippen LogP contribution in [-0.2, 0) is 4.74 Å². The van der Waals surface area contributed by atoms with E-state index in [1.54, 1.807) is 19.2 Å². The topological polar surface area (TPSA) is 60.9 Å². The maximum Gasteiger partial charge on any atom is 0.339 e. The van der Waals surface area contributed by atoms with Crippen molar-refractivity contribution in [1.82, 2.24) is 4.98 Å². The first-order chi connectivity index (χ1) is 12.3. The number of rotatable bonds is 4. The summed E-state index contributed by atoms with van der Waals surface area (Å²) >= 11 is 0. The van der Waals surface area contributed by atoms with E-state index in [0.29, 0.717) is 12.2 Å². The van der Waals surface area contributed by atoms with Crippen molar-refractivity contribution in [2.24, 2.45) is 0 Å². The van der Waals surface area contributed by atoms with E-state index in [9.17, 15) is 4.79 Å². The Labute approximate surface area is 146 Å². The second kappa shape index (κ2) is 6.63. The Balaban J connectivity index is 1.56. The van der Waals surface area contributed by atoms with Gasteiger partial charge in [-0.3, -0.25) is 0 Å². The third-order valence-corrected chi connectivity index (χ3v) is 4.59. The highest BCUT2D eigenvalue weighted by atomic mass is 16.7. The minimum Gasteiger partial charge on any atom is -0.462 e. The van der Waals surface area contributed by atoms with Crippen LogP contribution in [0.5, 0.6) is 11.5 Å². The number of esters is 1. The van der Waals surface area contributed by atoms with Crippen LogP contribution in [0.25, 0.3) is 0 Å². The lowest BCUT2D eigenvalue weighted by molar-refractivity contribution is 0.0526. The van der Waals surface area contributed by atoms with Crippen LogP contribution in [-0.4, -0.2) is 30.9 Å². The average Bonchev–Trinajstić information content (AvgIpc) is 3.30. The predicted octanol–water partition coefficient (Wildman–Crippen LogP) is 3.33. The number of fused-ring (bicyclic) bond motifs is 1. The van der Waals surface area contributed by atoms with E-state index in [4.69, 9.17) is 14.2 Å². The molecule has 0 unspecified atom stereocenters. The van der Waals surface area contributed by atoms with Gasteiger partial charge in [0.25, 0.3) is 0 Å². The minimum absolute atomic E-state index is 0.246. The molecule has 0 radical (unpaired) electrons. The van der Waals surface area contributed by atoms with E-state index in [0.717, 1.165) is 36.7 Å². The summed E-state index contributed by atoms with van der Waals surface area (Å²) in [4.78, 5) is 18.5. The van der Waals surface area contributed by atoms with Crippen molar-refractivity contribution >= 4 is 11.8 Å². The zero-order valence-electron chi connectivity index (χ0n) is 14.1. The fraction of sp³-hybridized carbons (Fsp3) is 0.368. The Hall–Kier alpha value is -2.76. The van der Waals surface area contributed by atoms with Gasteiger partial charge in [0.2, 0.25) is 6.79 Å². The Morgan fingerprint density at radius 3 is 2.96 bits per heavy atom. The molecule has 4 rings (SSSR count). The first-order valence-corrected chi connectivity index (χ1v) is 8.55. The maximum atomic E-state index is 11.8. The van der Waals surface area contributed by atoms with Gasteiger partial charge >= 0.3 is 5.97 Å². The zero-order valence-corrected chi connectivity index (χ0v) is 14.1. The molecule has 0 saturated carbocycles. The predicted molar refractivity (Wildman–Crippen MR) is 92.1 cm³/mol. The van der Waals surface area contributed by atoms with Crippen molar-refractivity contribution in [2.75, 3.05) is 24.8 Å². The summed E-state index contributed by atoms with van der Waals surface area (Å²) in [5.74, 6) is 2.13. The molecule has 2 aromatic rings. The molecule has 0 spiro atoms. The molecule has 1 fully saturated rings. The number of benzene rings is 1. The average molecular weight is 340 g/mol. The molecule has 1 atom stereocenters. The Morgan fingerprint density at radius 1 is 1.28 bits per heavy atom. The number of pyridine rings is 1. The number of hydrogen-bond acceptors (Lipinski definition) is 6. The summed E-state index contributed by atoms with van der Waals surface area (Å²) in [5, 5.41) is 0. The number of carbonyl (C=O) groups is 1. The first kappa shape index (κ1) is 15.7. The van der Waals surface area contributed by atoms with E-state index >= 15 is 0 Å². The molecule has 0 aliphatic carbocycles. The molecule has 6 nitrogen and oxygen atoms in total. The Morgan fingerprint density at radius 2 is 2.16 bits per heavy atom. The van der Waals surface area contributed by atoms with E-state index in [1.165, 1.54) is 5.56 Å². The second-order valence-electron chi connectivity index (χ2n) is 6.09. The summed E-state index contributed by atoms with van der Waals surface area (Å²) < 4.78 is 15.9. The van der Waals surface area contributed by atoms with Crippen molar-refractivity contribution in [1.29, 1.82) is 0 Å². The van der Waals surface area contributed by atoms with Gasteiger partial charge in [-0.25, -0.2) is 9.78 Å². The van der Waals surface area contributed by atoms with Gasteiger partial charge in [-0.05, 0) is 49.6 Å². The highest BCUT2D eigenvalue weighted by Crippen LogP contribution is 2.40. The van der Waals surface area contributed by atoms with Crippen molar-refractivity contribution < 1.29 is 19.0 Å². The number of ether oxygens (including phenoxy) is 3. The van der Waals surface area contributed by atoms with Gasteiger partial charge in [0.1, 0.15) is 5.82 Å². The van der Waals surface area contributed by atoms with Gasteiger partial charge in [0.05, 0.1) is 18.2 Å². The minimum atomic E-state index is -0.338. The van der Waals surface area contributed by atoms with Crippen molar-refractivity contribution in [2.45, 2.75) is 25.8 Å². The number of hydrogen-bond donors (Lipinski definition) is 0. The molecular formula is C19H20N2O4. The summed E-state index contributed by atoms with van der Waals surface area (Å²) in [7, 11) is 0. The highest BCUT2D eigenvalue weighted by Gasteiger charge is 2.28. The van der Waals surface area contributed by atoms with E-state index in [2.05, 4.69) is 22.0 Å². The highest BCUT2D eigenvalue weighted by molar-refractivity contribution is 5.89. The summed E-state index contributed by atoms with van der Waals surface area (Å²) in [6, 6.07) is 10.0. The lowest BCUT2D eigenvalue weighted by Gasteiger charge is -2.26. The molecule has 3 heterocycles. The van der Waals surface area contributed by atoms with Crippen LogP contribution in [0.15, 0.2) is 36.5 Å². The first-order valence-electron chi connectivity index (χ1n) is 8.55. The quantitative estimate of drug-likeness (QED) is 0.796. The van der Waals surface area contributed by atoms with Gasteiger partial charge < -0.3 is 19.1 Å². The smallest absolute Gasteiger partial charge is 0.339 e. The molecule has 2 aliphatic rings. The third kappa shape index (κ3) is 2.99. The molecule has 0 N–H and O–H groups in total. The van der Waals surface area contributed by atoms with Crippen LogP contribution >= 0.6 is 0 Å². The lowest BCUT2D eigenvalue weighted by Crippen LogP contribution is -2.23. The Kier molecular flexibility index (Phi) is 4.17. The fourth-order valence-corrected chi connectivity index (χ4v) is 3.40. The monoisotopic (exact) mass is 340 g/mol. The molecule has 6 heteroatoms. The van der Waals surface area contributed by atoms with Crippen molar-refractivity contribution in [3.05, 3.63) is 47.7 Å². The summed E-state index contributed by atoms with van der Waals surface area (Å²) in [5.41, 5.74) is 1.67. The van der Waals surface area contributed by atoms with Gasteiger partial charge in [0, 0.05) is 12.7 Å². The van der Waals surface area contributed by atoms with Crippen LogP contribution in [0.4, 0.5) is 5.82 Å². The van der Waals surface area contributed by atoms with Gasteiger partial charge in [0.15, 0.2) is 11.5 Å². The van der Waals surface area contributed by atoms with Crippen molar-refractivity contribution in [3.8, 4) is 11.5 Å². The largest absolute Gasteiger partial charge is 0.462 e.